The number of hydrogen-bond donors (Lipinski definition) is 1. The normalized spacial score (nSPS) is 18.1. The summed E-state index contributed by atoms with van der Waals surface area (Å²) in [6.07, 6.45) is 5.38. The highest BCUT2D eigenvalue weighted by Crippen LogP contribution is 2.37. The minimum atomic E-state index is 0.440. The number of hydrogen-bond acceptors (Lipinski definition) is 6. The Balaban J connectivity index is 1.53. The average molecular weight is 393 g/mol. The second kappa shape index (κ2) is 6.71. The molecule has 0 fully saturated rings. The van der Waals surface area contributed by atoms with Crippen molar-refractivity contribution >= 4 is 60.1 Å². The zero-order valence-electron chi connectivity index (χ0n) is 15.3. The van der Waals surface area contributed by atoms with E-state index in [4.69, 9.17) is 0 Å². The van der Waals surface area contributed by atoms with Gasteiger partial charge in [-0.1, -0.05) is 6.08 Å². The summed E-state index contributed by atoms with van der Waals surface area (Å²) in [7, 11) is 2.20. The Bertz CT molecular complexity index is 1160. The number of rotatable bonds is 3. The van der Waals surface area contributed by atoms with Gasteiger partial charge in [-0.05, 0) is 56.3 Å². The summed E-state index contributed by atoms with van der Waals surface area (Å²) in [6.45, 7) is 3.41. The molecule has 1 aromatic carbocycles. The van der Waals surface area contributed by atoms with Gasteiger partial charge in [-0.15, -0.1) is 22.7 Å². The van der Waals surface area contributed by atoms with Crippen molar-refractivity contribution in [2.75, 3.05) is 18.9 Å². The molecule has 3 aromatic heterocycles. The highest BCUT2D eigenvalue weighted by molar-refractivity contribution is 7.19. The zero-order valence-corrected chi connectivity index (χ0v) is 16.9. The molecule has 136 valence electrons. The third-order valence-electron chi connectivity index (χ3n) is 5.29. The van der Waals surface area contributed by atoms with E-state index < -0.39 is 0 Å². The van der Waals surface area contributed by atoms with Crippen LogP contribution in [0.5, 0.6) is 0 Å². The summed E-state index contributed by atoms with van der Waals surface area (Å²) >= 11 is 3.45. The molecule has 4 aromatic rings. The topological polar surface area (TPSA) is 41.1 Å². The van der Waals surface area contributed by atoms with E-state index in [1.807, 2.05) is 11.7 Å². The monoisotopic (exact) mass is 392 g/mol. The van der Waals surface area contributed by atoms with Gasteiger partial charge in [-0.2, -0.15) is 0 Å². The van der Waals surface area contributed by atoms with Gasteiger partial charge >= 0.3 is 0 Å². The highest BCUT2D eigenvalue weighted by atomic mass is 32.1. The maximum Gasteiger partial charge on any atom is 0.125 e. The molecule has 0 radical (unpaired) electrons. The van der Waals surface area contributed by atoms with Crippen molar-refractivity contribution in [3.05, 3.63) is 53.0 Å². The van der Waals surface area contributed by atoms with E-state index in [1.54, 1.807) is 22.7 Å². The number of pyridine rings is 1. The van der Waals surface area contributed by atoms with E-state index in [1.165, 1.54) is 20.5 Å². The van der Waals surface area contributed by atoms with Gasteiger partial charge in [0.2, 0.25) is 0 Å². The molecule has 0 aliphatic carbocycles. The fraction of sp³-hybridized carbons (Fsp3) is 0.238. The van der Waals surface area contributed by atoms with Crippen LogP contribution in [-0.2, 0) is 0 Å². The van der Waals surface area contributed by atoms with Crippen LogP contribution in [0.3, 0.4) is 0 Å². The van der Waals surface area contributed by atoms with Gasteiger partial charge in [-0.3, -0.25) is 4.90 Å². The average Bonchev–Trinajstić information content (AvgIpc) is 3.30. The van der Waals surface area contributed by atoms with Crippen LogP contribution in [0, 0.1) is 0 Å². The molecule has 0 saturated heterocycles. The molecule has 0 spiro atoms. The SMILES string of the molecule is CC1C(c2cc3c(Nc4ccc5scnc5c4)ccnc3s2)=CCCN1C. The highest BCUT2D eigenvalue weighted by Gasteiger charge is 2.21. The number of nitrogens with one attached hydrogen (secondary N) is 1. The summed E-state index contributed by atoms with van der Waals surface area (Å²) in [5.41, 5.74) is 6.49. The molecule has 6 heteroatoms. The van der Waals surface area contributed by atoms with Crippen molar-refractivity contribution in [3.63, 3.8) is 0 Å². The first-order valence-corrected chi connectivity index (χ1v) is 10.8. The molecule has 4 nitrogen and oxygen atoms in total. The van der Waals surface area contributed by atoms with Crippen molar-refractivity contribution in [2.24, 2.45) is 0 Å². The summed E-state index contributed by atoms with van der Waals surface area (Å²) in [5.74, 6) is 0. The van der Waals surface area contributed by atoms with Crippen LogP contribution in [0.4, 0.5) is 11.4 Å². The Labute approximate surface area is 166 Å². The van der Waals surface area contributed by atoms with E-state index in [9.17, 15) is 0 Å². The predicted molar refractivity (Wildman–Crippen MR) is 117 cm³/mol. The minimum absolute atomic E-state index is 0.440. The van der Waals surface area contributed by atoms with Crippen LogP contribution >= 0.6 is 22.7 Å². The molecule has 1 unspecified atom stereocenters. The van der Waals surface area contributed by atoms with E-state index >= 15 is 0 Å². The first-order valence-electron chi connectivity index (χ1n) is 9.08. The number of aromatic nitrogens is 2. The third-order valence-corrected chi connectivity index (χ3v) is 7.19. The summed E-state index contributed by atoms with van der Waals surface area (Å²) in [4.78, 5) is 13.8. The van der Waals surface area contributed by atoms with E-state index in [-0.39, 0.29) is 0 Å². The Hall–Kier alpha value is -2.28. The number of thiophene rings is 1. The van der Waals surface area contributed by atoms with Crippen molar-refractivity contribution in [1.29, 1.82) is 0 Å². The third kappa shape index (κ3) is 3.04. The lowest BCUT2D eigenvalue weighted by atomic mass is 10.00. The standard InChI is InChI=1S/C21H20N4S2/c1-13-15(4-3-9-25(13)2)20-11-16-17(7-8-22-21(16)27-20)24-14-5-6-19-18(10-14)23-12-26-19/h4-8,10-13H,3,9H2,1-2H3,(H,22,24). The second-order valence-corrected chi connectivity index (χ2v) is 8.87. The van der Waals surface area contributed by atoms with Gasteiger partial charge in [0, 0.05) is 34.7 Å². The van der Waals surface area contributed by atoms with Gasteiger partial charge < -0.3 is 5.32 Å². The van der Waals surface area contributed by atoms with Gasteiger partial charge in [-0.25, -0.2) is 9.97 Å². The van der Waals surface area contributed by atoms with E-state index in [0.717, 1.165) is 34.7 Å². The molecule has 4 heterocycles. The number of thiazole rings is 1. The van der Waals surface area contributed by atoms with Crippen LogP contribution < -0.4 is 5.32 Å². The van der Waals surface area contributed by atoms with Crippen molar-refractivity contribution in [3.8, 4) is 0 Å². The largest absolute Gasteiger partial charge is 0.355 e. The van der Waals surface area contributed by atoms with Crippen LogP contribution in [0.1, 0.15) is 18.2 Å². The number of benzene rings is 1. The van der Waals surface area contributed by atoms with Gasteiger partial charge in [0.05, 0.1) is 21.4 Å². The van der Waals surface area contributed by atoms with Crippen molar-refractivity contribution in [1.82, 2.24) is 14.9 Å². The minimum Gasteiger partial charge on any atom is -0.355 e. The fourth-order valence-corrected chi connectivity index (χ4v) is 5.42. The molecule has 0 saturated carbocycles. The molecule has 1 N–H and O–H groups in total. The molecule has 1 atom stereocenters. The molecular weight excluding hydrogens is 372 g/mol. The smallest absolute Gasteiger partial charge is 0.125 e. The number of fused-ring (bicyclic) bond motifs is 2. The number of anilines is 2. The van der Waals surface area contributed by atoms with Crippen LogP contribution in [0.25, 0.3) is 26.0 Å². The maximum atomic E-state index is 4.61. The van der Waals surface area contributed by atoms with Crippen molar-refractivity contribution in [2.45, 2.75) is 19.4 Å². The molecule has 27 heavy (non-hydrogen) atoms. The Morgan fingerprint density at radius 3 is 3.04 bits per heavy atom. The Morgan fingerprint density at radius 1 is 1.19 bits per heavy atom. The Kier molecular flexibility index (Phi) is 4.19. The molecule has 0 bridgehead atoms. The predicted octanol–water partition coefficient (Wildman–Crippen LogP) is 5.76. The number of nitrogens with zero attached hydrogens (tertiary/aromatic N) is 3. The van der Waals surface area contributed by atoms with Crippen molar-refractivity contribution < 1.29 is 0 Å². The molecule has 0 amide bonds. The maximum absolute atomic E-state index is 4.61. The molecule has 1 aliphatic rings. The first-order chi connectivity index (χ1) is 13.2. The summed E-state index contributed by atoms with van der Waals surface area (Å²) in [6, 6.07) is 11.1. The van der Waals surface area contributed by atoms with Gasteiger partial charge in [0.1, 0.15) is 4.83 Å². The lowest BCUT2D eigenvalue weighted by molar-refractivity contribution is 0.300. The lowest BCUT2D eigenvalue weighted by Gasteiger charge is -2.30. The van der Waals surface area contributed by atoms with Gasteiger partial charge in [0.25, 0.3) is 0 Å². The quantitative estimate of drug-likeness (QED) is 0.481. The van der Waals surface area contributed by atoms with Crippen LogP contribution in [0.2, 0.25) is 0 Å². The fourth-order valence-electron chi connectivity index (χ4n) is 3.61. The zero-order chi connectivity index (χ0) is 18.4. The lowest BCUT2D eigenvalue weighted by Crippen LogP contribution is -2.33. The number of likely N-dealkylation sites (N-methyl/N-ethyl adjacent to an activating group) is 1. The summed E-state index contributed by atoms with van der Waals surface area (Å²) < 4.78 is 1.21. The Morgan fingerprint density at radius 2 is 2.11 bits per heavy atom. The first kappa shape index (κ1) is 16.9. The van der Waals surface area contributed by atoms with E-state index in [2.05, 4.69) is 70.6 Å². The molecule has 5 rings (SSSR count). The summed E-state index contributed by atoms with van der Waals surface area (Å²) in [5, 5.41) is 4.74. The van der Waals surface area contributed by atoms with Crippen LogP contribution in [-0.4, -0.2) is 34.5 Å². The van der Waals surface area contributed by atoms with E-state index in [0.29, 0.717) is 6.04 Å². The van der Waals surface area contributed by atoms with Gasteiger partial charge in [0.15, 0.2) is 0 Å². The molecular formula is C21H20N4S2. The second-order valence-electron chi connectivity index (χ2n) is 6.95. The molecule has 1 aliphatic heterocycles. The van der Waals surface area contributed by atoms with Crippen LogP contribution in [0.15, 0.2) is 48.1 Å².